The molecule has 0 aliphatic rings. The smallest absolute Gasteiger partial charge is 0.387 e. The zero-order valence-electron chi connectivity index (χ0n) is 10.9. The molecule has 9 heteroatoms. The number of alkyl halides is 3. The van der Waals surface area contributed by atoms with E-state index in [-0.39, 0.29) is 23.6 Å². The Morgan fingerprint density at radius 2 is 2.14 bits per heavy atom. The lowest BCUT2D eigenvalue weighted by Gasteiger charge is -2.16. The Morgan fingerprint density at radius 3 is 2.71 bits per heavy atom. The van der Waals surface area contributed by atoms with Crippen LogP contribution >= 0.6 is 0 Å². The molecule has 1 aromatic carbocycles. The molecule has 0 aliphatic carbocycles. The third-order valence-electron chi connectivity index (χ3n) is 2.68. The van der Waals surface area contributed by atoms with Gasteiger partial charge in [-0.25, -0.2) is 0 Å². The van der Waals surface area contributed by atoms with E-state index in [1.54, 1.807) is 0 Å². The summed E-state index contributed by atoms with van der Waals surface area (Å²) in [7, 11) is 1.32. The zero-order valence-corrected chi connectivity index (χ0v) is 10.9. The molecule has 2 N–H and O–H groups in total. The molecule has 6 nitrogen and oxygen atoms in total. The summed E-state index contributed by atoms with van der Waals surface area (Å²) in [5.41, 5.74) is -1.30. The van der Waals surface area contributed by atoms with E-state index in [0.29, 0.717) is 0 Å². The van der Waals surface area contributed by atoms with Gasteiger partial charge in [0, 0.05) is 7.05 Å². The molecule has 1 heterocycles. The van der Waals surface area contributed by atoms with Gasteiger partial charge in [-0.15, -0.1) is 0 Å². The minimum Gasteiger partial charge on any atom is -0.387 e. The Balaban J connectivity index is 2.24. The number of aromatic nitrogens is 2. The number of rotatable bonds is 4. The van der Waals surface area contributed by atoms with Crippen molar-refractivity contribution in [1.29, 1.82) is 0 Å². The predicted octanol–water partition coefficient (Wildman–Crippen LogP) is 2.06. The van der Waals surface area contributed by atoms with Crippen molar-refractivity contribution in [2.75, 3.05) is 12.4 Å². The maximum atomic E-state index is 12.9. The topological polar surface area (TPSA) is 80.0 Å². The van der Waals surface area contributed by atoms with Crippen molar-refractivity contribution in [3.63, 3.8) is 0 Å². The fraction of sp³-hybridized carbons (Fsp3) is 0.250. The van der Waals surface area contributed by atoms with Gasteiger partial charge in [-0.3, -0.25) is 4.79 Å². The molecule has 0 saturated carbocycles. The molecule has 2 rings (SSSR count). The minimum atomic E-state index is -4.55. The molecule has 0 aliphatic heterocycles. The molecule has 0 spiro atoms. The van der Waals surface area contributed by atoms with Crippen molar-refractivity contribution >= 4 is 11.6 Å². The van der Waals surface area contributed by atoms with Crippen LogP contribution in [0.3, 0.4) is 0 Å². The van der Waals surface area contributed by atoms with Gasteiger partial charge in [-0.1, -0.05) is 11.2 Å². The first kappa shape index (κ1) is 14.8. The summed E-state index contributed by atoms with van der Waals surface area (Å²) < 4.78 is 43.1. The number of anilines is 1. The molecule has 0 bridgehead atoms. The van der Waals surface area contributed by atoms with E-state index in [4.69, 9.17) is 0 Å². The Morgan fingerprint density at radius 1 is 1.38 bits per heavy atom. The number of carbonyl (C=O) groups is 1. The molecule has 1 amide bonds. The van der Waals surface area contributed by atoms with Gasteiger partial charge in [0.05, 0.1) is 23.4 Å². The highest BCUT2D eigenvalue weighted by atomic mass is 19.4. The lowest BCUT2D eigenvalue weighted by Crippen LogP contribution is -2.25. The van der Waals surface area contributed by atoms with Gasteiger partial charge < -0.3 is 15.2 Å². The first-order valence-electron chi connectivity index (χ1n) is 5.85. The largest absolute Gasteiger partial charge is 0.418 e. The van der Waals surface area contributed by atoms with E-state index < -0.39 is 17.6 Å². The standard InChI is InChI=1S/C12H11F3N4O2/c1-16-10-7(3-2-4-8(10)12(13,14)15)11(20)17-5-9-18-6-21-19-9/h2-4,6,16H,5H2,1H3,(H,17,20). The van der Waals surface area contributed by atoms with Crippen LogP contribution < -0.4 is 10.6 Å². The van der Waals surface area contributed by atoms with Crippen LogP contribution in [0, 0.1) is 0 Å². The van der Waals surface area contributed by atoms with E-state index >= 15 is 0 Å². The molecular weight excluding hydrogens is 289 g/mol. The van der Waals surface area contributed by atoms with Gasteiger partial charge in [0.2, 0.25) is 6.39 Å². The van der Waals surface area contributed by atoms with Crippen molar-refractivity contribution in [2.24, 2.45) is 0 Å². The van der Waals surface area contributed by atoms with Crippen molar-refractivity contribution in [3.05, 3.63) is 41.5 Å². The highest BCUT2D eigenvalue weighted by Crippen LogP contribution is 2.36. The fourth-order valence-corrected chi connectivity index (χ4v) is 1.77. The summed E-state index contributed by atoms with van der Waals surface area (Å²) in [4.78, 5) is 15.7. The van der Waals surface area contributed by atoms with Gasteiger partial charge in [0.1, 0.15) is 0 Å². The lowest BCUT2D eigenvalue weighted by molar-refractivity contribution is -0.136. The Hall–Kier alpha value is -2.58. The van der Waals surface area contributed by atoms with Gasteiger partial charge in [0.25, 0.3) is 5.91 Å². The molecule has 1 aromatic heterocycles. The summed E-state index contributed by atoms with van der Waals surface area (Å²) in [6.45, 7) is -0.0469. The number of nitrogens with zero attached hydrogens (tertiary/aromatic N) is 2. The maximum absolute atomic E-state index is 12.9. The second-order valence-electron chi connectivity index (χ2n) is 4.01. The number of benzene rings is 1. The highest BCUT2D eigenvalue weighted by molar-refractivity contribution is 6.00. The van der Waals surface area contributed by atoms with E-state index in [2.05, 4.69) is 25.3 Å². The zero-order chi connectivity index (χ0) is 15.5. The van der Waals surface area contributed by atoms with Crippen LogP contribution in [0.5, 0.6) is 0 Å². The normalized spacial score (nSPS) is 11.2. The number of para-hydroxylation sites is 1. The van der Waals surface area contributed by atoms with Crippen molar-refractivity contribution in [2.45, 2.75) is 12.7 Å². The van der Waals surface area contributed by atoms with Crippen LogP contribution in [0.4, 0.5) is 18.9 Å². The molecule has 0 fully saturated rings. The second-order valence-corrected chi connectivity index (χ2v) is 4.01. The Kier molecular flexibility index (Phi) is 4.10. The first-order valence-corrected chi connectivity index (χ1v) is 5.85. The summed E-state index contributed by atoms with van der Waals surface area (Å²) in [5, 5.41) is 8.32. The van der Waals surface area contributed by atoms with Crippen LogP contribution in [-0.4, -0.2) is 23.1 Å². The molecule has 21 heavy (non-hydrogen) atoms. The van der Waals surface area contributed by atoms with Crippen LogP contribution in [0.2, 0.25) is 0 Å². The van der Waals surface area contributed by atoms with Gasteiger partial charge >= 0.3 is 6.18 Å². The number of hydrogen-bond donors (Lipinski definition) is 2. The van der Waals surface area contributed by atoms with E-state index in [0.717, 1.165) is 12.5 Å². The lowest BCUT2D eigenvalue weighted by atomic mass is 10.1. The molecule has 2 aromatic rings. The molecule has 0 saturated heterocycles. The summed E-state index contributed by atoms with van der Waals surface area (Å²) in [6, 6.07) is 3.38. The highest BCUT2D eigenvalue weighted by Gasteiger charge is 2.34. The van der Waals surface area contributed by atoms with E-state index in [9.17, 15) is 18.0 Å². The third kappa shape index (κ3) is 3.30. The Bertz CT molecular complexity index is 626. The fourth-order valence-electron chi connectivity index (χ4n) is 1.77. The molecule has 0 unspecified atom stereocenters. The van der Waals surface area contributed by atoms with Crippen LogP contribution in [0.1, 0.15) is 21.7 Å². The molecule has 0 atom stereocenters. The summed E-state index contributed by atoms with van der Waals surface area (Å²) in [5.74, 6) is -0.448. The number of halogens is 3. The van der Waals surface area contributed by atoms with Gasteiger partial charge in [-0.2, -0.15) is 18.2 Å². The van der Waals surface area contributed by atoms with E-state index in [1.165, 1.54) is 19.2 Å². The third-order valence-corrected chi connectivity index (χ3v) is 2.68. The Labute approximate surface area is 117 Å². The monoisotopic (exact) mass is 300 g/mol. The van der Waals surface area contributed by atoms with Gasteiger partial charge in [0.15, 0.2) is 5.82 Å². The average molecular weight is 300 g/mol. The molecule has 112 valence electrons. The van der Waals surface area contributed by atoms with Crippen LogP contribution in [0.15, 0.2) is 29.1 Å². The second kappa shape index (κ2) is 5.81. The number of amides is 1. The van der Waals surface area contributed by atoms with Crippen LogP contribution in [0.25, 0.3) is 0 Å². The van der Waals surface area contributed by atoms with Gasteiger partial charge in [-0.05, 0) is 12.1 Å². The quantitative estimate of drug-likeness (QED) is 0.903. The first-order chi connectivity index (χ1) is 9.93. The maximum Gasteiger partial charge on any atom is 0.418 e. The van der Waals surface area contributed by atoms with Crippen LogP contribution in [-0.2, 0) is 12.7 Å². The van der Waals surface area contributed by atoms with Crippen molar-refractivity contribution < 1.29 is 22.5 Å². The number of carbonyl (C=O) groups excluding carboxylic acids is 1. The minimum absolute atomic E-state index is 0.0469. The number of hydrogen-bond acceptors (Lipinski definition) is 5. The molecular formula is C12H11F3N4O2. The SMILES string of the molecule is CNc1c(C(=O)NCc2ncon2)cccc1C(F)(F)F. The van der Waals surface area contributed by atoms with E-state index in [1.807, 2.05) is 0 Å². The molecule has 0 radical (unpaired) electrons. The van der Waals surface area contributed by atoms with Crippen molar-refractivity contribution in [1.82, 2.24) is 15.5 Å². The summed E-state index contributed by atoms with van der Waals surface area (Å²) in [6.07, 6.45) is -3.47. The number of nitrogens with one attached hydrogen (secondary N) is 2. The summed E-state index contributed by atoms with van der Waals surface area (Å²) >= 11 is 0. The predicted molar refractivity (Wildman–Crippen MR) is 66.5 cm³/mol. The van der Waals surface area contributed by atoms with Crippen molar-refractivity contribution in [3.8, 4) is 0 Å². The average Bonchev–Trinajstić information content (AvgIpc) is 2.96.